The highest BCUT2D eigenvalue weighted by molar-refractivity contribution is 7.23. The second kappa shape index (κ2) is 2.42. The van der Waals surface area contributed by atoms with Gasteiger partial charge in [0.15, 0.2) is 11.5 Å². The molecule has 2 heterocycles. The maximum Gasteiger partial charge on any atom is 0.191 e. The molecule has 0 aliphatic carbocycles. The fourth-order valence-electron chi connectivity index (χ4n) is 1.63. The Hall–Kier alpha value is -1.68. The van der Waals surface area contributed by atoms with Gasteiger partial charge in [-0.3, -0.25) is 0 Å². The van der Waals surface area contributed by atoms with Crippen molar-refractivity contribution >= 4 is 43.3 Å². The first-order valence-corrected chi connectivity index (χ1v) is 5.03. The van der Waals surface area contributed by atoms with Gasteiger partial charge in [0.05, 0.1) is 9.70 Å². The van der Waals surface area contributed by atoms with Gasteiger partial charge in [-0.05, 0) is 11.5 Å². The van der Waals surface area contributed by atoms with Crippen molar-refractivity contribution in [3.8, 4) is 0 Å². The van der Waals surface area contributed by atoms with Crippen LogP contribution in [0.5, 0.6) is 0 Å². The first-order chi connectivity index (χ1) is 6.74. The third kappa shape index (κ3) is 0.914. The van der Waals surface area contributed by atoms with Gasteiger partial charge in [-0.15, -0.1) is 11.3 Å². The molecule has 3 nitrogen and oxygen atoms in total. The number of thiophene rings is 1. The van der Waals surface area contributed by atoms with E-state index >= 15 is 0 Å². The number of benzene rings is 1. The molecule has 2 aromatic heterocycles. The summed E-state index contributed by atoms with van der Waals surface area (Å²) in [5.74, 6) is 0.444. The van der Waals surface area contributed by atoms with Gasteiger partial charge in [0.2, 0.25) is 0 Å². The molecule has 4 heteroatoms. The molecule has 4 N–H and O–H groups in total. The maximum atomic E-state index is 5.73. The van der Waals surface area contributed by atoms with E-state index < -0.39 is 0 Å². The zero-order chi connectivity index (χ0) is 9.71. The number of nitrogens with two attached hydrogens (primary N) is 2. The highest BCUT2D eigenvalue weighted by Crippen LogP contribution is 2.35. The minimum absolute atomic E-state index is 0.444. The van der Waals surface area contributed by atoms with Crippen LogP contribution in [0.25, 0.3) is 21.1 Å². The lowest BCUT2D eigenvalue weighted by Crippen LogP contribution is -1.75. The molecule has 0 unspecified atom stereocenters. The Morgan fingerprint density at radius 1 is 1.07 bits per heavy atom. The van der Waals surface area contributed by atoms with Gasteiger partial charge in [0, 0.05) is 11.5 Å². The average Bonchev–Trinajstić information content (AvgIpc) is 2.65. The molecule has 0 bridgehead atoms. The van der Waals surface area contributed by atoms with Crippen LogP contribution in [0.2, 0.25) is 0 Å². The molecule has 0 saturated heterocycles. The summed E-state index contributed by atoms with van der Waals surface area (Å²) in [5.41, 5.74) is 12.2. The van der Waals surface area contributed by atoms with E-state index in [1.54, 1.807) is 0 Å². The number of anilines is 2. The quantitative estimate of drug-likeness (QED) is 0.591. The molecule has 0 spiro atoms. The summed E-state index contributed by atoms with van der Waals surface area (Å²) in [7, 11) is 0. The van der Waals surface area contributed by atoms with Gasteiger partial charge >= 0.3 is 0 Å². The van der Waals surface area contributed by atoms with E-state index in [9.17, 15) is 0 Å². The summed E-state index contributed by atoms with van der Waals surface area (Å²) in [6.07, 6.45) is 0. The van der Waals surface area contributed by atoms with E-state index in [0.717, 1.165) is 26.1 Å². The van der Waals surface area contributed by atoms with Crippen molar-refractivity contribution in [2.24, 2.45) is 0 Å². The fraction of sp³-hybridized carbons (Fsp3) is 0. The molecule has 70 valence electrons. The SMILES string of the molecule is Nc1cc2ccc3cc(N)sc3c2o1. The standard InChI is InChI=1S/C10H8N2OS/c11-7-3-5-1-2-6-4-8(12)14-10(6)9(5)13-7/h1-4H,11-12H2. The van der Waals surface area contributed by atoms with E-state index in [-0.39, 0.29) is 0 Å². The molecule has 0 radical (unpaired) electrons. The Morgan fingerprint density at radius 2 is 1.86 bits per heavy atom. The lowest BCUT2D eigenvalue weighted by molar-refractivity contribution is 0.641. The lowest BCUT2D eigenvalue weighted by atomic mass is 10.2. The highest BCUT2D eigenvalue weighted by Gasteiger charge is 2.08. The Kier molecular flexibility index (Phi) is 1.33. The summed E-state index contributed by atoms with van der Waals surface area (Å²) < 4.78 is 6.49. The van der Waals surface area contributed by atoms with Crippen LogP contribution in [-0.2, 0) is 0 Å². The molecular weight excluding hydrogens is 196 g/mol. The summed E-state index contributed by atoms with van der Waals surface area (Å²) >= 11 is 1.52. The van der Waals surface area contributed by atoms with E-state index in [0.29, 0.717) is 5.88 Å². The Balaban J connectivity index is 2.58. The number of fused-ring (bicyclic) bond motifs is 3. The van der Waals surface area contributed by atoms with Crippen molar-refractivity contribution in [2.45, 2.75) is 0 Å². The largest absolute Gasteiger partial charge is 0.439 e. The number of rotatable bonds is 0. The van der Waals surface area contributed by atoms with Crippen molar-refractivity contribution in [1.29, 1.82) is 0 Å². The molecule has 0 fully saturated rings. The van der Waals surface area contributed by atoms with Crippen LogP contribution < -0.4 is 11.5 Å². The minimum Gasteiger partial charge on any atom is -0.439 e. The minimum atomic E-state index is 0.444. The molecule has 0 aliphatic heterocycles. The zero-order valence-electron chi connectivity index (χ0n) is 7.28. The first-order valence-electron chi connectivity index (χ1n) is 4.21. The van der Waals surface area contributed by atoms with Crippen molar-refractivity contribution in [1.82, 2.24) is 0 Å². The molecule has 1 aromatic carbocycles. The summed E-state index contributed by atoms with van der Waals surface area (Å²) in [6.45, 7) is 0. The van der Waals surface area contributed by atoms with Gasteiger partial charge in [-0.1, -0.05) is 12.1 Å². The van der Waals surface area contributed by atoms with E-state index in [4.69, 9.17) is 15.9 Å². The molecule has 0 saturated carbocycles. The van der Waals surface area contributed by atoms with Crippen LogP contribution in [0.1, 0.15) is 0 Å². The highest BCUT2D eigenvalue weighted by atomic mass is 32.1. The third-order valence-corrected chi connectivity index (χ3v) is 3.19. The fourth-order valence-corrected chi connectivity index (χ4v) is 2.55. The van der Waals surface area contributed by atoms with Gasteiger partial charge in [0.25, 0.3) is 0 Å². The second-order valence-electron chi connectivity index (χ2n) is 3.20. The van der Waals surface area contributed by atoms with Crippen LogP contribution >= 0.6 is 11.3 Å². The van der Waals surface area contributed by atoms with Crippen molar-refractivity contribution in [3.05, 3.63) is 24.3 Å². The monoisotopic (exact) mass is 204 g/mol. The van der Waals surface area contributed by atoms with Gasteiger partial charge in [-0.2, -0.15) is 0 Å². The van der Waals surface area contributed by atoms with E-state index in [1.165, 1.54) is 11.3 Å². The third-order valence-electron chi connectivity index (χ3n) is 2.21. The van der Waals surface area contributed by atoms with Crippen LogP contribution in [0.15, 0.2) is 28.7 Å². The molecule has 3 aromatic rings. The Labute approximate surface area is 83.9 Å². The number of hydrogen-bond donors (Lipinski definition) is 2. The van der Waals surface area contributed by atoms with Crippen LogP contribution in [-0.4, -0.2) is 0 Å². The Bertz CT molecular complexity index is 568. The Morgan fingerprint density at radius 3 is 2.71 bits per heavy atom. The molecule has 0 amide bonds. The van der Waals surface area contributed by atoms with E-state index in [1.807, 2.05) is 24.3 Å². The number of hydrogen-bond acceptors (Lipinski definition) is 4. The van der Waals surface area contributed by atoms with Gasteiger partial charge < -0.3 is 15.9 Å². The average molecular weight is 204 g/mol. The molecule has 0 atom stereocenters. The molecule has 14 heavy (non-hydrogen) atoms. The predicted octanol–water partition coefficient (Wildman–Crippen LogP) is 2.81. The molecular formula is C10H8N2OS. The summed E-state index contributed by atoms with van der Waals surface area (Å²) in [6, 6.07) is 7.78. The molecule has 0 aliphatic rings. The van der Waals surface area contributed by atoms with E-state index in [2.05, 4.69) is 0 Å². The first kappa shape index (κ1) is 7.70. The van der Waals surface area contributed by atoms with Gasteiger partial charge in [-0.25, -0.2) is 0 Å². The predicted molar refractivity (Wildman–Crippen MR) is 60.4 cm³/mol. The van der Waals surface area contributed by atoms with Crippen LogP contribution in [0, 0.1) is 0 Å². The summed E-state index contributed by atoms with van der Waals surface area (Å²) in [5, 5.41) is 2.92. The smallest absolute Gasteiger partial charge is 0.191 e. The van der Waals surface area contributed by atoms with Crippen LogP contribution in [0.4, 0.5) is 10.9 Å². The lowest BCUT2D eigenvalue weighted by Gasteiger charge is -1.89. The van der Waals surface area contributed by atoms with Crippen molar-refractivity contribution < 1.29 is 4.42 Å². The zero-order valence-corrected chi connectivity index (χ0v) is 8.10. The second-order valence-corrected chi connectivity index (χ2v) is 4.28. The number of nitrogen functional groups attached to an aromatic ring is 2. The molecule has 3 rings (SSSR count). The topological polar surface area (TPSA) is 65.2 Å². The van der Waals surface area contributed by atoms with Gasteiger partial charge in [0.1, 0.15) is 0 Å². The van der Waals surface area contributed by atoms with Crippen molar-refractivity contribution in [3.63, 3.8) is 0 Å². The van der Waals surface area contributed by atoms with Crippen molar-refractivity contribution in [2.75, 3.05) is 11.5 Å². The maximum absolute atomic E-state index is 5.73. The van der Waals surface area contributed by atoms with Crippen LogP contribution in [0.3, 0.4) is 0 Å². The summed E-state index contributed by atoms with van der Waals surface area (Å²) in [4.78, 5) is 0. The number of furan rings is 1. The normalized spacial score (nSPS) is 11.4.